The van der Waals surface area contributed by atoms with E-state index in [0.29, 0.717) is 5.95 Å². The Kier molecular flexibility index (Phi) is 3.80. The number of hydrogen-bond acceptors (Lipinski definition) is 7. The molecule has 2 heterocycles. The highest BCUT2D eigenvalue weighted by atomic mass is 19.2. The van der Waals surface area contributed by atoms with Crippen LogP contribution in [-0.4, -0.2) is 39.0 Å². The molecule has 0 atom stereocenters. The topological polar surface area (TPSA) is 114 Å². The van der Waals surface area contributed by atoms with Crippen molar-refractivity contribution in [3.63, 3.8) is 0 Å². The smallest absolute Gasteiger partial charge is 0.258 e. The molecular weight excluding hydrogens is 320 g/mol. The van der Waals surface area contributed by atoms with Gasteiger partial charge in [0, 0.05) is 20.2 Å². The fourth-order valence-electron chi connectivity index (χ4n) is 2.12. The van der Waals surface area contributed by atoms with Crippen LogP contribution in [0.2, 0.25) is 0 Å². The van der Waals surface area contributed by atoms with Crippen LogP contribution in [0.3, 0.4) is 0 Å². The first kappa shape index (κ1) is 15.7. The first-order chi connectivity index (χ1) is 11.3. The summed E-state index contributed by atoms with van der Waals surface area (Å²) < 4.78 is 26.6. The van der Waals surface area contributed by atoms with Crippen LogP contribution in [0.4, 0.5) is 20.7 Å². The SMILES string of the molecule is CN(C)c1nc(N)nc(Cc2nc3cc(F)c(F)cc3c(=O)[nH]2)n1. The Bertz CT molecular complexity index is 987. The zero-order valence-electron chi connectivity index (χ0n) is 12.8. The number of nitrogens with zero attached hydrogens (tertiary/aromatic N) is 5. The van der Waals surface area contributed by atoms with Gasteiger partial charge in [-0.25, -0.2) is 13.8 Å². The lowest BCUT2D eigenvalue weighted by Crippen LogP contribution is -2.18. The van der Waals surface area contributed by atoms with Gasteiger partial charge in [-0.1, -0.05) is 0 Å². The molecule has 10 heteroatoms. The van der Waals surface area contributed by atoms with E-state index >= 15 is 0 Å². The summed E-state index contributed by atoms with van der Waals surface area (Å²) in [6.07, 6.45) is 0.0533. The first-order valence-electron chi connectivity index (χ1n) is 6.89. The summed E-state index contributed by atoms with van der Waals surface area (Å²) in [6, 6.07) is 1.68. The van der Waals surface area contributed by atoms with E-state index in [1.807, 2.05) is 0 Å². The maximum absolute atomic E-state index is 13.4. The van der Waals surface area contributed by atoms with Crippen molar-refractivity contribution in [2.75, 3.05) is 24.7 Å². The summed E-state index contributed by atoms with van der Waals surface area (Å²) in [7, 11) is 3.48. The molecule has 8 nitrogen and oxygen atoms in total. The summed E-state index contributed by atoms with van der Waals surface area (Å²) >= 11 is 0. The van der Waals surface area contributed by atoms with Gasteiger partial charge in [0.25, 0.3) is 5.56 Å². The summed E-state index contributed by atoms with van der Waals surface area (Å²) in [5.74, 6) is -1.31. The quantitative estimate of drug-likeness (QED) is 0.722. The van der Waals surface area contributed by atoms with Crippen LogP contribution >= 0.6 is 0 Å². The number of benzene rings is 1. The van der Waals surface area contributed by atoms with E-state index in [-0.39, 0.29) is 34.9 Å². The Morgan fingerprint density at radius 3 is 2.54 bits per heavy atom. The van der Waals surface area contributed by atoms with Crippen LogP contribution in [0.15, 0.2) is 16.9 Å². The fourth-order valence-corrected chi connectivity index (χ4v) is 2.12. The second-order valence-corrected chi connectivity index (χ2v) is 5.28. The van der Waals surface area contributed by atoms with E-state index < -0.39 is 17.2 Å². The molecule has 0 unspecified atom stereocenters. The molecule has 1 aromatic carbocycles. The van der Waals surface area contributed by atoms with Crippen molar-refractivity contribution in [3.8, 4) is 0 Å². The van der Waals surface area contributed by atoms with E-state index in [1.165, 1.54) is 0 Å². The number of halogens is 2. The molecule has 0 saturated carbocycles. The van der Waals surface area contributed by atoms with Crippen LogP contribution in [0.5, 0.6) is 0 Å². The van der Waals surface area contributed by atoms with E-state index in [2.05, 4.69) is 24.9 Å². The van der Waals surface area contributed by atoms with Crippen LogP contribution < -0.4 is 16.2 Å². The van der Waals surface area contributed by atoms with Crippen molar-refractivity contribution in [1.29, 1.82) is 0 Å². The van der Waals surface area contributed by atoms with Crippen molar-refractivity contribution in [2.24, 2.45) is 0 Å². The van der Waals surface area contributed by atoms with Gasteiger partial charge in [0.15, 0.2) is 11.6 Å². The number of anilines is 2. The summed E-state index contributed by atoms with van der Waals surface area (Å²) in [5, 5.41) is -0.0400. The molecule has 0 spiro atoms. The Labute approximate surface area is 134 Å². The molecule has 0 saturated heterocycles. The molecule has 0 aliphatic carbocycles. The first-order valence-corrected chi connectivity index (χ1v) is 6.89. The normalized spacial score (nSPS) is 11.0. The van der Waals surface area contributed by atoms with Gasteiger partial charge in [-0.15, -0.1) is 0 Å². The molecule has 0 bridgehead atoms. The molecule has 0 radical (unpaired) electrons. The van der Waals surface area contributed by atoms with Crippen molar-refractivity contribution < 1.29 is 8.78 Å². The third-order valence-electron chi connectivity index (χ3n) is 3.21. The van der Waals surface area contributed by atoms with Crippen LogP contribution in [-0.2, 0) is 6.42 Å². The summed E-state index contributed by atoms with van der Waals surface area (Å²) in [6.45, 7) is 0. The minimum Gasteiger partial charge on any atom is -0.368 e. The molecule has 0 aliphatic rings. The zero-order chi connectivity index (χ0) is 17.4. The highest BCUT2D eigenvalue weighted by Crippen LogP contribution is 2.14. The van der Waals surface area contributed by atoms with Gasteiger partial charge in [-0.05, 0) is 6.07 Å². The number of nitrogen functional groups attached to an aromatic ring is 1. The third-order valence-corrected chi connectivity index (χ3v) is 3.21. The average Bonchev–Trinajstić information content (AvgIpc) is 2.49. The van der Waals surface area contributed by atoms with Gasteiger partial charge < -0.3 is 15.6 Å². The van der Waals surface area contributed by atoms with Crippen molar-refractivity contribution in [1.82, 2.24) is 24.9 Å². The number of nitrogens with two attached hydrogens (primary N) is 1. The number of rotatable bonds is 3. The second kappa shape index (κ2) is 5.80. The van der Waals surface area contributed by atoms with Gasteiger partial charge in [-0.3, -0.25) is 4.79 Å². The number of fused-ring (bicyclic) bond motifs is 1. The highest BCUT2D eigenvalue weighted by Gasteiger charge is 2.12. The average molecular weight is 333 g/mol. The second-order valence-electron chi connectivity index (χ2n) is 5.28. The molecule has 3 aromatic rings. The Morgan fingerprint density at radius 2 is 1.83 bits per heavy atom. The maximum atomic E-state index is 13.4. The van der Waals surface area contributed by atoms with Crippen molar-refractivity contribution in [3.05, 3.63) is 45.8 Å². The third kappa shape index (κ3) is 2.98. The van der Waals surface area contributed by atoms with E-state index in [4.69, 9.17) is 5.73 Å². The van der Waals surface area contributed by atoms with Gasteiger partial charge in [0.1, 0.15) is 11.6 Å². The van der Waals surface area contributed by atoms with Gasteiger partial charge in [-0.2, -0.15) is 15.0 Å². The maximum Gasteiger partial charge on any atom is 0.258 e. The van der Waals surface area contributed by atoms with Crippen LogP contribution in [0.25, 0.3) is 10.9 Å². The molecule has 3 N–H and O–H groups in total. The van der Waals surface area contributed by atoms with Gasteiger partial charge in [0.2, 0.25) is 11.9 Å². The molecule has 0 aliphatic heterocycles. The predicted octanol–water partition coefficient (Wildman–Crippen LogP) is 0.625. The van der Waals surface area contributed by atoms with Crippen LogP contribution in [0.1, 0.15) is 11.6 Å². The number of nitrogens with one attached hydrogen (secondary N) is 1. The minimum absolute atomic E-state index is 0.0277. The van der Waals surface area contributed by atoms with Gasteiger partial charge in [0.05, 0.1) is 17.3 Å². The minimum atomic E-state index is -1.11. The number of H-pyrrole nitrogens is 1. The van der Waals surface area contributed by atoms with E-state index in [9.17, 15) is 13.6 Å². The summed E-state index contributed by atoms with van der Waals surface area (Å²) in [4.78, 5) is 32.4. The molecule has 0 amide bonds. The highest BCUT2D eigenvalue weighted by molar-refractivity contribution is 5.77. The fraction of sp³-hybridized carbons (Fsp3) is 0.214. The lowest BCUT2D eigenvalue weighted by atomic mass is 10.2. The lowest BCUT2D eigenvalue weighted by molar-refractivity contribution is 0.510. The van der Waals surface area contributed by atoms with Gasteiger partial charge >= 0.3 is 0 Å². The zero-order valence-corrected chi connectivity index (χ0v) is 12.8. The summed E-state index contributed by atoms with van der Waals surface area (Å²) in [5.41, 5.74) is 5.10. The molecule has 0 fully saturated rings. The molecule has 124 valence electrons. The number of hydrogen-bond donors (Lipinski definition) is 2. The molecule has 2 aromatic heterocycles. The Morgan fingerprint density at radius 1 is 1.12 bits per heavy atom. The molecule has 24 heavy (non-hydrogen) atoms. The lowest BCUT2D eigenvalue weighted by Gasteiger charge is -2.11. The number of aromatic amines is 1. The molecule has 3 rings (SSSR count). The Balaban J connectivity index is 2.05. The van der Waals surface area contributed by atoms with E-state index in [0.717, 1.165) is 12.1 Å². The number of aromatic nitrogens is 5. The monoisotopic (exact) mass is 333 g/mol. The van der Waals surface area contributed by atoms with Crippen LogP contribution in [0, 0.1) is 11.6 Å². The molecular formula is C14H13F2N7O. The standard InChI is InChI=1S/C14H13F2N7O/c1-23(2)14-21-11(20-13(17)22-14)5-10-18-9-4-8(16)7(15)3-6(9)12(24)19-10/h3-4H,5H2,1-2H3,(H,18,19,24)(H2,17,20,21,22). The predicted molar refractivity (Wildman–Crippen MR) is 83.7 cm³/mol. The Hall–Kier alpha value is -3.17. The van der Waals surface area contributed by atoms with Crippen molar-refractivity contribution >= 4 is 22.8 Å². The van der Waals surface area contributed by atoms with Crippen molar-refractivity contribution in [2.45, 2.75) is 6.42 Å². The largest absolute Gasteiger partial charge is 0.368 e. The van der Waals surface area contributed by atoms with E-state index in [1.54, 1.807) is 19.0 Å².